The molecular formula is C49H42O2. The van der Waals surface area contributed by atoms with E-state index in [1.165, 1.54) is 88.7 Å². The van der Waals surface area contributed by atoms with Gasteiger partial charge in [0.15, 0.2) is 0 Å². The van der Waals surface area contributed by atoms with E-state index in [0.717, 1.165) is 48.4 Å². The van der Waals surface area contributed by atoms with Crippen LogP contribution in [0.2, 0.25) is 0 Å². The number of hydrogen-bond acceptors (Lipinski definition) is 2. The summed E-state index contributed by atoms with van der Waals surface area (Å²) >= 11 is 0. The third kappa shape index (κ3) is 4.11. The summed E-state index contributed by atoms with van der Waals surface area (Å²) in [5.41, 5.74) is 19.3. The van der Waals surface area contributed by atoms with Crippen molar-refractivity contribution in [1.82, 2.24) is 0 Å². The average Bonchev–Trinajstić information content (AvgIpc) is 3.84. The lowest BCUT2D eigenvalue weighted by atomic mass is 9.78. The number of hydrogen-bond donors (Lipinski definition) is 0. The first kappa shape index (κ1) is 30.5. The Hall–Kier alpha value is -5.34. The molecule has 4 aliphatic rings. The summed E-state index contributed by atoms with van der Waals surface area (Å²) in [6, 6.07) is 25.0. The summed E-state index contributed by atoms with van der Waals surface area (Å²) < 4.78 is 13.6. The molecule has 4 aromatic carbocycles. The molecule has 0 bridgehead atoms. The molecule has 0 spiro atoms. The van der Waals surface area contributed by atoms with Crippen LogP contribution in [0.1, 0.15) is 92.8 Å². The molecule has 2 heterocycles. The van der Waals surface area contributed by atoms with Crippen LogP contribution >= 0.6 is 0 Å². The van der Waals surface area contributed by atoms with Gasteiger partial charge in [-0.25, -0.2) is 0 Å². The number of allylic oxidation sites excluding steroid dienone is 8. The molecule has 0 unspecified atom stereocenters. The molecular weight excluding hydrogens is 621 g/mol. The van der Waals surface area contributed by atoms with Crippen LogP contribution in [0.3, 0.4) is 0 Å². The van der Waals surface area contributed by atoms with Crippen molar-refractivity contribution in [1.29, 1.82) is 0 Å². The fourth-order valence-corrected chi connectivity index (χ4v) is 9.78. The van der Waals surface area contributed by atoms with Gasteiger partial charge in [0.25, 0.3) is 0 Å². The van der Waals surface area contributed by atoms with E-state index in [2.05, 4.69) is 138 Å². The van der Waals surface area contributed by atoms with E-state index in [1.807, 2.05) is 6.08 Å². The zero-order valence-electron chi connectivity index (χ0n) is 30.2. The van der Waals surface area contributed by atoms with Crippen molar-refractivity contribution in [2.75, 3.05) is 0 Å². The molecule has 0 aliphatic heterocycles. The zero-order valence-corrected chi connectivity index (χ0v) is 30.2. The third-order valence-corrected chi connectivity index (χ3v) is 12.4. The zero-order chi connectivity index (χ0) is 34.8. The second kappa shape index (κ2) is 10.6. The molecule has 2 heteroatoms. The summed E-state index contributed by atoms with van der Waals surface area (Å²) in [6.45, 7) is 15.8. The molecule has 250 valence electrons. The summed E-state index contributed by atoms with van der Waals surface area (Å²) in [4.78, 5) is 0. The van der Waals surface area contributed by atoms with Gasteiger partial charge in [0.05, 0.1) is 0 Å². The number of aryl methyl sites for hydroxylation is 1. The van der Waals surface area contributed by atoms with Gasteiger partial charge >= 0.3 is 0 Å². The van der Waals surface area contributed by atoms with Gasteiger partial charge in [0, 0.05) is 43.9 Å². The maximum Gasteiger partial charge on any atom is 0.139 e. The molecule has 6 aromatic rings. The fraction of sp³-hybridized carbons (Fsp3) is 0.224. The summed E-state index contributed by atoms with van der Waals surface area (Å²) in [5.74, 6) is 2.01. The Morgan fingerprint density at radius 2 is 1.35 bits per heavy atom. The van der Waals surface area contributed by atoms with Crippen LogP contribution in [-0.2, 0) is 17.3 Å². The second-order valence-electron chi connectivity index (χ2n) is 15.8. The Labute approximate surface area is 300 Å². The Kier molecular flexibility index (Phi) is 6.33. The van der Waals surface area contributed by atoms with Crippen LogP contribution in [0.5, 0.6) is 0 Å². The highest BCUT2D eigenvalue weighted by molar-refractivity contribution is 6.01. The number of furan rings is 2. The van der Waals surface area contributed by atoms with Crippen LogP contribution in [0, 0.1) is 0 Å². The first-order chi connectivity index (χ1) is 24.7. The maximum atomic E-state index is 6.80. The highest BCUT2D eigenvalue weighted by Gasteiger charge is 2.46. The van der Waals surface area contributed by atoms with Crippen LogP contribution in [0.25, 0.3) is 67.4 Å². The predicted octanol–water partition coefficient (Wildman–Crippen LogP) is 13.7. The van der Waals surface area contributed by atoms with Gasteiger partial charge in [0.2, 0.25) is 0 Å². The smallest absolute Gasteiger partial charge is 0.139 e. The minimum absolute atomic E-state index is 0.241. The van der Waals surface area contributed by atoms with E-state index in [4.69, 9.17) is 8.83 Å². The molecule has 0 amide bonds. The first-order valence-electron chi connectivity index (χ1n) is 18.5. The predicted molar refractivity (Wildman–Crippen MR) is 213 cm³/mol. The van der Waals surface area contributed by atoms with Crippen molar-refractivity contribution < 1.29 is 8.83 Å². The van der Waals surface area contributed by atoms with Crippen molar-refractivity contribution >= 4 is 33.6 Å². The Morgan fingerprint density at radius 3 is 2.04 bits per heavy atom. The van der Waals surface area contributed by atoms with Gasteiger partial charge in [-0.15, -0.1) is 0 Å². The van der Waals surface area contributed by atoms with E-state index in [1.54, 1.807) is 0 Å². The topological polar surface area (TPSA) is 26.3 Å². The number of benzene rings is 4. The molecule has 0 fully saturated rings. The molecule has 2 nitrogen and oxygen atoms in total. The lowest BCUT2D eigenvalue weighted by Crippen LogP contribution is -2.17. The molecule has 4 aliphatic carbocycles. The third-order valence-electron chi connectivity index (χ3n) is 12.4. The van der Waals surface area contributed by atoms with Gasteiger partial charge < -0.3 is 8.83 Å². The van der Waals surface area contributed by atoms with Crippen molar-refractivity contribution in [2.24, 2.45) is 0 Å². The molecule has 0 radical (unpaired) electrons. The van der Waals surface area contributed by atoms with Gasteiger partial charge in [-0.2, -0.15) is 0 Å². The van der Waals surface area contributed by atoms with Crippen LogP contribution < -0.4 is 0 Å². The normalized spacial score (nSPS) is 19.3. The average molecular weight is 663 g/mol. The molecule has 10 rings (SSSR count). The SMILES string of the molecule is C=C/C(=C1/C=CCC/C1=C/C)c1ccc2oc3c(c2c1)C(C)(C)c1cc2c(cc1-3)C(C)(C)c1c-2oc2ccc(-c3cccc4c3C=CCC4)cc12. The van der Waals surface area contributed by atoms with Gasteiger partial charge in [0.1, 0.15) is 22.7 Å². The molecule has 51 heavy (non-hydrogen) atoms. The van der Waals surface area contributed by atoms with Crippen LogP contribution in [-0.4, -0.2) is 0 Å². The molecule has 2 aromatic heterocycles. The largest absolute Gasteiger partial charge is 0.456 e. The summed E-state index contributed by atoms with van der Waals surface area (Å²) in [6.07, 6.45) is 17.8. The van der Waals surface area contributed by atoms with Crippen molar-refractivity contribution in [3.63, 3.8) is 0 Å². The Balaban J connectivity index is 1.12. The Bertz CT molecular complexity index is 2650. The molecule has 0 atom stereocenters. The summed E-state index contributed by atoms with van der Waals surface area (Å²) in [7, 11) is 0. The van der Waals surface area contributed by atoms with Gasteiger partial charge in [-0.3, -0.25) is 0 Å². The van der Waals surface area contributed by atoms with Crippen LogP contribution in [0.4, 0.5) is 0 Å². The summed E-state index contributed by atoms with van der Waals surface area (Å²) in [5, 5.41) is 2.39. The lowest BCUT2D eigenvalue weighted by molar-refractivity contribution is 0.617. The standard InChI is InChI=1S/C49H42O2/c1-7-28-14-9-11-17-33(28)32(8-2)30-20-22-42-38(24-30)44-46(50-42)36-26-41-37(27-40(36)48(44,3)4)47-45(49(41,5)6)39-25-31(21-23-43(39)51-47)35-19-13-16-29-15-10-12-18-34(29)35/h7-8,11-13,16-27H,2,9-10,14-15H2,1,3-6H3/b28-7-,33-32+. The minimum Gasteiger partial charge on any atom is -0.456 e. The quantitative estimate of drug-likeness (QED) is 0.188. The molecule has 0 saturated heterocycles. The van der Waals surface area contributed by atoms with Crippen molar-refractivity contribution in [3.8, 4) is 33.8 Å². The fourth-order valence-electron chi connectivity index (χ4n) is 9.78. The highest BCUT2D eigenvalue weighted by Crippen LogP contribution is 2.60. The minimum atomic E-state index is -0.254. The number of rotatable bonds is 3. The number of fused-ring (bicyclic) bond motifs is 11. The Morgan fingerprint density at radius 1 is 0.706 bits per heavy atom. The first-order valence-corrected chi connectivity index (χ1v) is 18.5. The monoisotopic (exact) mass is 662 g/mol. The van der Waals surface area contributed by atoms with Crippen LogP contribution in [0.15, 0.2) is 124 Å². The van der Waals surface area contributed by atoms with Gasteiger partial charge in [-0.1, -0.05) is 101 Å². The van der Waals surface area contributed by atoms with E-state index in [9.17, 15) is 0 Å². The van der Waals surface area contributed by atoms with Crippen molar-refractivity contribution in [3.05, 3.63) is 154 Å². The molecule has 0 saturated carbocycles. The van der Waals surface area contributed by atoms with E-state index >= 15 is 0 Å². The lowest BCUT2D eigenvalue weighted by Gasteiger charge is -2.24. The second-order valence-corrected chi connectivity index (χ2v) is 15.8. The van der Waals surface area contributed by atoms with E-state index in [-0.39, 0.29) is 10.8 Å². The van der Waals surface area contributed by atoms with E-state index < -0.39 is 0 Å². The molecule has 0 N–H and O–H groups in total. The van der Waals surface area contributed by atoms with E-state index in [0.29, 0.717) is 0 Å². The van der Waals surface area contributed by atoms with Crippen molar-refractivity contribution in [2.45, 2.75) is 71.1 Å². The maximum absolute atomic E-state index is 6.80. The highest BCUT2D eigenvalue weighted by atomic mass is 16.3. The van der Waals surface area contributed by atoms with Gasteiger partial charge in [-0.05, 0) is 125 Å².